The van der Waals surface area contributed by atoms with Crippen LogP contribution in [-0.4, -0.2) is 74.3 Å². The highest BCUT2D eigenvalue weighted by Gasteiger charge is 2.30. The Balaban J connectivity index is 5.23. The number of carbonyl (C=O) groups is 2. The van der Waals surface area contributed by atoms with Gasteiger partial charge in [-0.05, 0) is 76.7 Å². The number of esters is 1. The lowest BCUT2D eigenvalue weighted by Gasteiger charge is -2.27. The third-order valence-corrected chi connectivity index (χ3v) is 15.9. The quantitative estimate of drug-likeness (QED) is 0.0205. The zero-order chi connectivity index (χ0) is 57.9. The van der Waals surface area contributed by atoms with Crippen LogP contribution in [0.1, 0.15) is 316 Å². The highest BCUT2D eigenvalue weighted by molar-refractivity contribution is 7.47. The van der Waals surface area contributed by atoms with Crippen LogP contribution in [-0.2, 0) is 27.9 Å². The second-order valence-corrected chi connectivity index (χ2v) is 25.5. The van der Waals surface area contributed by atoms with Crippen molar-refractivity contribution in [3.8, 4) is 0 Å². The lowest BCUT2D eigenvalue weighted by Crippen LogP contribution is -2.47. The number of phosphoric acid groups is 1. The summed E-state index contributed by atoms with van der Waals surface area (Å²) in [6.07, 6.45) is 75.1. The van der Waals surface area contributed by atoms with Gasteiger partial charge in [0.15, 0.2) is 0 Å². The van der Waals surface area contributed by atoms with E-state index < -0.39 is 20.0 Å². The van der Waals surface area contributed by atoms with Crippen LogP contribution in [0.25, 0.3) is 0 Å². The Bertz CT molecular complexity index is 1540. The molecule has 0 rings (SSSR count). The van der Waals surface area contributed by atoms with E-state index in [4.69, 9.17) is 13.8 Å². The van der Waals surface area contributed by atoms with Crippen LogP contribution >= 0.6 is 7.82 Å². The minimum absolute atomic E-state index is 0.0339. The van der Waals surface area contributed by atoms with Crippen LogP contribution in [0, 0.1) is 0 Å². The summed E-state index contributed by atoms with van der Waals surface area (Å²) in [6.45, 7) is 7.00. The molecule has 0 aromatic rings. The number of hydrogen-bond acceptors (Lipinski definition) is 6. The van der Waals surface area contributed by atoms with Gasteiger partial charge >= 0.3 is 13.8 Å². The Labute approximate surface area is 490 Å². The average Bonchev–Trinajstić information content (AvgIpc) is 3.41. The maximum Gasteiger partial charge on any atom is 0.472 e. The predicted octanol–water partition coefficient (Wildman–Crippen LogP) is 21.0. The Hall–Kier alpha value is -2.29. The van der Waals surface area contributed by atoms with E-state index in [2.05, 4.69) is 74.7 Å². The molecule has 3 atom stereocenters. The van der Waals surface area contributed by atoms with Crippen molar-refractivity contribution in [1.82, 2.24) is 5.32 Å². The number of nitrogens with zero attached hydrogens (tertiary/aromatic N) is 1. The Morgan fingerprint density at radius 2 is 0.772 bits per heavy atom. The largest absolute Gasteiger partial charge is 0.472 e. The first kappa shape index (κ1) is 76.7. The minimum atomic E-state index is -4.46. The number of carbonyl (C=O) groups excluding carboxylic acids is 2. The van der Waals surface area contributed by atoms with Gasteiger partial charge in [-0.2, -0.15) is 0 Å². The number of hydrogen-bond donors (Lipinski definition) is 2. The number of quaternary nitrogens is 1. The molecule has 0 aliphatic carbocycles. The van der Waals surface area contributed by atoms with Crippen LogP contribution in [0.2, 0.25) is 0 Å². The molecule has 0 radical (unpaired) electrons. The monoisotopic (exact) mass is 1130 g/mol. The fourth-order valence-electron chi connectivity index (χ4n) is 9.75. The molecule has 0 aromatic heterocycles. The second kappa shape index (κ2) is 58.9. The van der Waals surface area contributed by atoms with Gasteiger partial charge in [-0.15, -0.1) is 0 Å². The molecule has 0 aliphatic rings. The fraction of sp³-hybridized carbons (Fsp3) is 0.826. The van der Waals surface area contributed by atoms with E-state index in [1.807, 2.05) is 33.3 Å². The summed E-state index contributed by atoms with van der Waals surface area (Å²) in [6, 6.07) is -0.865. The summed E-state index contributed by atoms with van der Waals surface area (Å²) >= 11 is 0. The van der Waals surface area contributed by atoms with E-state index in [1.54, 1.807) is 0 Å². The standard InChI is InChI=1S/C69H129N2O7P/c1-7-10-13-16-19-22-25-28-30-32-34-35-37-39-41-44-47-50-53-56-59-62-69(73)78-67(60-57-54-51-48-45-42-27-24-21-18-15-12-9-3)66(65-77-79(74,75)76-64-63-71(4,5)6)70-68(72)61-58-55-52-49-46-43-40-38-36-33-31-29-26-23-20-17-14-11-8-2/h20,23,29,31,36,38,43,46,57,60,66-67H,7-19,21-22,24-28,30,32-35,37,39-42,44-45,47-56,58-59,61-65H2,1-6H3,(H-,70,72,74,75)/p+1/b23-20-,31-29-,38-36-,46-43-,60-57+. The van der Waals surface area contributed by atoms with Crippen molar-refractivity contribution in [3.05, 3.63) is 60.8 Å². The first-order chi connectivity index (χ1) is 38.4. The Morgan fingerprint density at radius 3 is 1.19 bits per heavy atom. The second-order valence-electron chi connectivity index (χ2n) is 24.0. The maximum absolute atomic E-state index is 13.6. The number of ether oxygens (including phenoxy) is 1. The zero-order valence-electron chi connectivity index (χ0n) is 52.9. The molecule has 462 valence electrons. The summed E-state index contributed by atoms with van der Waals surface area (Å²) in [7, 11) is 1.48. The van der Waals surface area contributed by atoms with E-state index in [0.717, 1.165) is 77.0 Å². The average molecular weight is 1130 g/mol. The highest BCUT2D eigenvalue weighted by Crippen LogP contribution is 2.43. The van der Waals surface area contributed by atoms with E-state index in [-0.39, 0.29) is 31.5 Å². The molecule has 0 fully saturated rings. The molecule has 0 aliphatic heterocycles. The normalized spacial score (nSPS) is 14.0. The minimum Gasteiger partial charge on any atom is -0.456 e. The Morgan fingerprint density at radius 1 is 0.443 bits per heavy atom. The highest BCUT2D eigenvalue weighted by atomic mass is 31.2. The third-order valence-electron chi connectivity index (χ3n) is 15.0. The molecule has 0 heterocycles. The zero-order valence-corrected chi connectivity index (χ0v) is 53.8. The van der Waals surface area contributed by atoms with Crippen LogP contribution in [0.15, 0.2) is 60.8 Å². The molecule has 3 unspecified atom stereocenters. The maximum atomic E-state index is 13.6. The van der Waals surface area contributed by atoms with Crippen molar-refractivity contribution in [2.45, 2.75) is 328 Å². The van der Waals surface area contributed by atoms with Crippen molar-refractivity contribution in [1.29, 1.82) is 0 Å². The first-order valence-electron chi connectivity index (χ1n) is 33.6. The predicted molar refractivity (Wildman–Crippen MR) is 342 cm³/mol. The number of unbranched alkanes of at least 4 members (excludes halogenated alkanes) is 37. The van der Waals surface area contributed by atoms with Gasteiger partial charge in [0.2, 0.25) is 5.91 Å². The number of amides is 1. The number of rotatable bonds is 61. The number of phosphoric ester groups is 1. The summed E-state index contributed by atoms with van der Waals surface area (Å²) in [5, 5.41) is 3.05. The molecule has 10 heteroatoms. The van der Waals surface area contributed by atoms with E-state index in [0.29, 0.717) is 23.9 Å². The van der Waals surface area contributed by atoms with Gasteiger partial charge in [-0.3, -0.25) is 18.6 Å². The smallest absolute Gasteiger partial charge is 0.456 e. The van der Waals surface area contributed by atoms with Crippen LogP contribution in [0.3, 0.4) is 0 Å². The van der Waals surface area contributed by atoms with Crippen LogP contribution < -0.4 is 5.32 Å². The molecule has 79 heavy (non-hydrogen) atoms. The lowest BCUT2D eigenvalue weighted by atomic mass is 10.0. The summed E-state index contributed by atoms with van der Waals surface area (Å²) in [5.41, 5.74) is 0. The van der Waals surface area contributed by atoms with Crippen molar-refractivity contribution < 1.29 is 37.3 Å². The molecule has 2 N–H and O–H groups in total. The van der Waals surface area contributed by atoms with E-state index >= 15 is 0 Å². The molecule has 0 saturated carbocycles. The molecular formula is C69H130N2O7P+. The van der Waals surface area contributed by atoms with Gasteiger partial charge in [-0.1, -0.05) is 287 Å². The van der Waals surface area contributed by atoms with Crippen molar-refractivity contribution in [3.63, 3.8) is 0 Å². The topological polar surface area (TPSA) is 111 Å². The Kier molecular flexibility index (Phi) is 57.2. The van der Waals surface area contributed by atoms with Gasteiger partial charge in [0, 0.05) is 12.8 Å². The molecule has 0 spiro atoms. The van der Waals surface area contributed by atoms with Crippen molar-refractivity contribution >= 4 is 19.7 Å². The van der Waals surface area contributed by atoms with Gasteiger partial charge in [-0.25, -0.2) is 4.57 Å². The summed E-state index contributed by atoms with van der Waals surface area (Å²) in [5.74, 6) is -0.529. The number of nitrogens with one attached hydrogen (secondary N) is 1. The fourth-order valence-corrected chi connectivity index (χ4v) is 10.5. The lowest BCUT2D eigenvalue weighted by molar-refractivity contribution is -0.870. The molecule has 0 saturated heterocycles. The molecule has 1 amide bonds. The number of likely N-dealkylation sites (N-methyl/N-ethyl adjacent to an activating group) is 1. The van der Waals surface area contributed by atoms with Gasteiger partial charge in [0.25, 0.3) is 0 Å². The van der Waals surface area contributed by atoms with Crippen molar-refractivity contribution in [2.75, 3.05) is 40.9 Å². The van der Waals surface area contributed by atoms with Crippen LogP contribution in [0.4, 0.5) is 0 Å². The molecule has 0 aromatic carbocycles. The molecular weight excluding hydrogens is 1000 g/mol. The molecule has 0 bridgehead atoms. The van der Waals surface area contributed by atoms with E-state index in [1.165, 1.54) is 199 Å². The van der Waals surface area contributed by atoms with Gasteiger partial charge in [0.05, 0.1) is 33.8 Å². The van der Waals surface area contributed by atoms with Gasteiger partial charge < -0.3 is 19.4 Å². The first-order valence-corrected chi connectivity index (χ1v) is 35.1. The summed E-state index contributed by atoms with van der Waals surface area (Å²) < 4.78 is 30.8. The van der Waals surface area contributed by atoms with Crippen LogP contribution in [0.5, 0.6) is 0 Å². The van der Waals surface area contributed by atoms with Crippen molar-refractivity contribution in [2.24, 2.45) is 0 Å². The third kappa shape index (κ3) is 60.1. The van der Waals surface area contributed by atoms with E-state index in [9.17, 15) is 19.0 Å². The van der Waals surface area contributed by atoms with Gasteiger partial charge in [0.1, 0.15) is 19.3 Å². The SMILES string of the molecule is CCCCC/C=C\C/C=C\C/C=C\C/C=C\CCCCCC(=O)NC(COP(=O)(O)OCC[N+](C)(C)C)C(/C=C/CCCCCCCCCCCCC)OC(=O)CCCCCCCCCCCCCCCCCCCCCCC. The molecule has 9 nitrogen and oxygen atoms in total. The number of allylic oxidation sites excluding steroid dienone is 9. The summed E-state index contributed by atoms with van der Waals surface area (Å²) in [4.78, 5) is 37.8.